The molecule has 0 bridgehead atoms. The van der Waals surface area contributed by atoms with Crippen LogP contribution in [0.2, 0.25) is 0 Å². The first-order chi connectivity index (χ1) is 12.6. The number of hydrogen-bond acceptors (Lipinski definition) is 4. The third-order valence-electron chi connectivity index (χ3n) is 5.53. The highest BCUT2D eigenvalue weighted by Gasteiger charge is 2.41. The molecule has 1 aromatic heterocycles. The highest BCUT2D eigenvalue weighted by atomic mass is 16.2. The van der Waals surface area contributed by atoms with Crippen molar-refractivity contribution in [3.63, 3.8) is 0 Å². The van der Waals surface area contributed by atoms with Crippen LogP contribution in [0.3, 0.4) is 0 Å². The fraction of sp³-hybridized carbons (Fsp3) is 0.381. The lowest BCUT2D eigenvalue weighted by molar-refractivity contribution is 0.0531. The van der Waals surface area contributed by atoms with Crippen LogP contribution in [0.5, 0.6) is 0 Å². The summed E-state index contributed by atoms with van der Waals surface area (Å²) in [5.74, 6) is -0.281. The van der Waals surface area contributed by atoms with E-state index in [2.05, 4.69) is 17.2 Å². The molecule has 0 unspecified atom stereocenters. The number of hydrogen-bond donors (Lipinski definition) is 1. The van der Waals surface area contributed by atoms with Crippen LogP contribution in [-0.4, -0.2) is 33.8 Å². The second kappa shape index (κ2) is 7.00. The molecule has 1 N–H and O–H groups in total. The molecule has 26 heavy (non-hydrogen) atoms. The van der Waals surface area contributed by atoms with Gasteiger partial charge in [-0.3, -0.25) is 19.5 Å². The zero-order valence-corrected chi connectivity index (χ0v) is 14.9. The first-order valence-corrected chi connectivity index (χ1v) is 9.28. The summed E-state index contributed by atoms with van der Waals surface area (Å²) in [7, 11) is 0. The molecule has 0 radical (unpaired) electrons. The van der Waals surface area contributed by atoms with Gasteiger partial charge in [-0.1, -0.05) is 12.1 Å². The van der Waals surface area contributed by atoms with Gasteiger partial charge < -0.3 is 5.32 Å². The van der Waals surface area contributed by atoms with Crippen molar-refractivity contribution in [1.82, 2.24) is 15.2 Å². The van der Waals surface area contributed by atoms with Crippen molar-refractivity contribution in [3.8, 4) is 0 Å². The summed E-state index contributed by atoms with van der Waals surface area (Å²) in [5, 5.41) is 3.66. The van der Waals surface area contributed by atoms with Gasteiger partial charge >= 0.3 is 0 Å². The maximum atomic E-state index is 12.7. The largest absolute Gasteiger partial charge is 0.307 e. The molecule has 2 heterocycles. The van der Waals surface area contributed by atoms with Gasteiger partial charge in [0.05, 0.1) is 11.1 Å². The summed E-state index contributed by atoms with van der Waals surface area (Å²) >= 11 is 0. The van der Waals surface area contributed by atoms with Crippen LogP contribution in [0.1, 0.15) is 64.9 Å². The Morgan fingerprint density at radius 3 is 2.35 bits per heavy atom. The summed E-state index contributed by atoms with van der Waals surface area (Å²) in [5.41, 5.74) is 2.28. The normalized spacial score (nSPS) is 23.8. The molecule has 2 aromatic rings. The predicted octanol–water partition coefficient (Wildman–Crippen LogP) is 3.34. The number of fused-ring (bicyclic) bond motifs is 1. The fourth-order valence-electron chi connectivity index (χ4n) is 4.19. The van der Waals surface area contributed by atoms with E-state index in [1.165, 1.54) is 10.5 Å². The van der Waals surface area contributed by atoms with Gasteiger partial charge in [-0.2, -0.15) is 0 Å². The molecule has 1 aromatic carbocycles. The SMILES string of the molecule is C[C@H](N[C@H]1CCC[C@H](N2C(=O)c3ccccc3C2=O)C1)c1ccncc1. The molecule has 2 aliphatic rings. The van der Waals surface area contributed by atoms with Gasteiger partial charge in [0.15, 0.2) is 0 Å². The molecule has 4 rings (SSSR count). The Labute approximate surface area is 153 Å². The van der Waals surface area contributed by atoms with Gasteiger partial charge in [0.1, 0.15) is 0 Å². The second-order valence-electron chi connectivity index (χ2n) is 7.21. The van der Waals surface area contributed by atoms with E-state index in [0.29, 0.717) is 17.2 Å². The highest BCUT2D eigenvalue weighted by molar-refractivity contribution is 6.21. The lowest BCUT2D eigenvalue weighted by atomic mass is 9.89. The third-order valence-corrected chi connectivity index (χ3v) is 5.53. The third kappa shape index (κ3) is 3.03. The van der Waals surface area contributed by atoms with Crippen LogP contribution < -0.4 is 5.32 Å². The molecule has 5 nitrogen and oxygen atoms in total. The van der Waals surface area contributed by atoms with E-state index in [4.69, 9.17) is 0 Å². The Morgan fingerprint density at radius 1 is 1.04 bits per heavy atom. The van der Waals surface area contributed by atoms with Crippen molar-refractivity contribution in [2.75, 3.05) is 0 Å². The maximum Gasteiger partial charge on any atom is 0.261 e. The standard InChI is InChI=1S/C21H23N3O2/c1-14(15-9-11-22-12-10-15)23-16-5-4-6-17(13-16)24-20(25)18-7-2-3-8-19(18)21(24)26/h2-3,7-12,14,16-17,23H,4-6,13H2,1H3/t14-,16-,17-/m0/s1. The van der Waals surface area contributed by atoms with Crippen LogP contribution in [0.25, 0.3) is 0 Å². The van der Waals surface area contributed by atoms with Crippen LogP contribution in [0, 0.1) is 0 Å². The molecular weight excluding hydrogens is 326 g/mol. The lowest BCUT2D eigenvalue weighted by Crippen LogP contribution is -2.47. The lowest BCUT2D eigenvalue weighted by Gasteiger charge is -2.35. The first-order valence-electron chi connectivity index (χ1n) is 9.28. The molecule has 1 fully saturated rings. The average Bonchev–Trinajstić information content (AvgIpc) is 2.94. The summed E-state index contributed by atoms with van der Waals surface area (Å²) < 4.78 is 0. The van der Waals surface area contributed by atoms with E-state index < -0.39 is 0 Å². The first kappa shape index (κ1) is 16.9. The van der Waals surface area contributed by atoms with E-state index in [-0.39, 0.29) is 23.9 Å². The van der Waals surface area contributed by atoms with Crippen LogP contribution in [0.4, 0.5) is 0 Å². The molecule has 1 saturated carbocycles. The molecule has 0 spiro atoms. The topological polar surface area (TPSA) is 62.3 Å². The second-order valence-corrected chi connectivity index (χ2v) is 7.21. The highest BCUT2D eigenvalue weighted by Crippen LogP contribution is 2.31. The van der Waals surface area contributed by atoms with Crippen molar-refractivity contribution in [3.05, 3.63) is 65.5 Å². The molecule has 1 aliphatic carbocycles. The number of carbonyl (C=O) groups is 2. The summed E-state index contributed by atoms with van der Waals surface area (Å²) in [6, 6.07) is 11.6. The van der Waals surface area contributed by atoms with Gasteiger partial charge in [0.25, 0.3) is 11.8 Å². The molecule has 134 valence electrons. The average molecular weight is 349 g/mol. The van der Waals surface area contributed by atoms with E-state index >= 15 is 0 Å². The summed E-state index contributed by atoms with van der Waals surface area (Å²) in [4.78, 5) is 31.0. The van der Waals surface area contributed by atoms with Crippen molar-refractivity contribution < 1.29 is 9.59 Å². The zero-order chi connectivity index (χ0) is 18.1. The van der Waals surface area contributed by atoms with Gasteiger partial charge in [0, 0.05) is 30.5 Å². The zero-order valence-electron chi connectivity index (χ0n) is 14.9. The number of pyridine rings is 1. The minimum absolute atomic E-state index is 0.0294. The number of carbonyl (C=O) groups excluding carboxylic acids is 2. The van der Waals surface area contributed by atoms with E-state index in [9.17, 15) is 9.59 Å². The molecular formula is C21H23N3O2. The Morgan fingerprint density at radius 2 is 1.69 bits per heavy atom. The molecule has 5 heteroatoms. The minimum Gasteiger partial charge on any atom is -0.307 e. The van der Waals surface area contributed by atoms with Crippen LogP contribution in [-0.2, 0) is 0 Å². The molecule has 1 aliphatic heterocycles. The van der Waals surface area contributed by atoms with Crippen LogP contribution >= 0.6 is 0 Å². The number of nitrogens with one attached hydrogen (secondary N) is 1. The van der Waals surface area contributed by atoms with Crippen LogP contribution in [0.15, 0.2) is 48.8 Å². The van der Waals surface area contributed by atoms with Crippen molar-refractivity contribution in [2.45, 2.75) is 50.7 Å². The van der Waals surface area contributed by atoms with Crippen molar-refractivity contribution >= 4 is 11.8 Å². The van der Waals surface area contributed by atoms with E-state index in [1.54, 1.807) is 24.5 Å². The maximum absolute atomic E-state index is 12.7. The predicted molar refractivity (Wildman–Crippen MR) is 98.8 cm³/mol. The summed E-state index contributed by atoms with van der Waals surface area (Å²) in [6.45, 7) is 2.14. The Hall–Kier alpha value is -2.53. The molecule has 0 saturated heterocycles. The van der Waals surface area contributed by atoms with Gasteiger partial charge in [-0.25, -0.2) is 0 Å². The minimum atomic E-state index is -0.140. The van der Waals surface area contributed by atoms with Gasteiger partial charge in [-0.15, -0.1) is 0 Å². The fourth-order valence-corrected chi connectivity index (χ4v) is 4.19. The summed E-state index contributed by atoms with van der Waals surface area (Å²) in [6.07, 6.45) is 7.37. The molecule has 2 amide bonds. The number of nitrogens with zero attached hydrogens (tertiary/aromatic N) is 2. The van der Waals surface area contributed by atoms with Crippen molar-refractivity contribution in [1.29, 1.82) is 0 Å². The van der Waals surface area contributed by atoms with Gasteiger partial charge in [0.2, 0.25) is 0 Å². The number of benzene rings is 1. The Balaban J connectivity index is 1.46. The van der Waals surface area contributed by atoms with E-state index in [0.717, 1.165) is 25.7 Å². The van der Waals surface area contributed by atoms with Gasteiger partial charge in [-0.05, 0) is 62.4 Å². The van der Waals surface area contributed by atoms with Crippen molar-refractivity contribution in [2.24, 2.45) is 0 Å². The Kier molecular flexibility index (Phi) is 4.55. The number of amides is 2. The number of rotatable bonds is 4. The number of aromatic nitrogens is 1. The smallest absolute Gasteiger partial charge is 0.261 e. The van der Waals surface area contributed by atoms with E-state index in [1.807, 2.05) is 24.3 Å². The molecule has 3 atom stereocenters. The Bertz CT molecular complexity index is 786. The quantitative estimate of drug-likeness (QED) is 0.860. The monoisotopic (exact) mass is 349 g/mol. The number of imide groups is 1.